The predicted octanol–water partition coefficient (Wildman–Crippen LogP) is 1.63. The van der Waals surface area contributed by atoms with E-state index in [1.54, 1.807) is 24.3 Å². The Bertz CT molecular complexity index is 476. The van der Waals surface area contributed by atoms with Gasteiger partial charge in [-0.2, -0.15) is 0 Å². The summed E-state index contributed by atoms with van der Waals surface area (Å²) >= 11 is 0. The van der Waals surface area contributed by atoms with Crippen LogP contribution in [0.3, 0.4) is 0 Å². The standard InChI is InChI=1S/C12H20N2O2S/c1-9(13)12(2,3)14-10-5-7-11(8-6-10)17(4,15)16/h5-9,14H,13H2,1-4H3. The maximum Gasteiger partial charge on any atom is 0.175 e. The van der Waals surface area contributed by atoms with Gasteiger partial charge in [0.25, 0.3) is 0 Å². The smallest absolute Gasteiger partial charge is 0.175 e. The van der Waals surface area contributed by atoms with E-state index in [1.165, 1.54) is 6.26 Å². The first kappa shape index (κ1) is 14.0. The summed E-state index contributed by atoms with van der Waals surface area (Å²) in [7, 11) is -3.13. The van der Waals surface area contributed by atoms with E-state index in [1.807, 2.05) is 20.8 Å². The Balaban J connectivity index is 2.90. The Hall–Kier alpha value is -1.07. The lowest BCUT2D eigenvalue weighted by molar-refractivity contribution is 0.471. The van der Waals surface area contributed by atoms with Gasteiger partial charge < -0.3 is 11.1 Å². The Labute approximate surface area is 103 Å². The maximum atomic E-state index is 11.3. The van der Waals surface area contributed by atoms with Gasteiger partial charge in [-0.15, -0.1) is 0 Å². The molecule has 0 saturated heterocycles. The fraction of sp³-hybridized carbons (Fsp3) is 0.500. The first-order valence-corrected chi connectivity index (χ1v) is 7.36. The van der Waals surface area contributed by atoms with E-state index >= 15 is 0 Å². The highest BCUT2D eigenvalue weighted by molar-refractivity contribution is 7.90. The third kappa shape index (κ3) is 3.71. The molecule has 1 atom stereocenters. The van der Waals surface area contributed by atoms with Gasteiger partial charge in [0.05, 0.1) is 4.90 Å². The van der Waals surface area contributed by atoms with Gasteiger partial charge in [0.15, 0.2) is 9.84 Å². The van der Waals surface area contributed by atoms with Crippen LogP contribution in [0.2, 0.25) is 0 Å². The van der Waals surface area contributed by atoms with Crippen LogP contribution in [0.25, 0.3) is 0 Å². The van der Waals surface area contributed by atoms with E-state index in [4.69, 9.17) is 5.73 Å². The Kier molecular flexibility index (Phi) is 3.84. The molecule has 1 rings (SSSR count). The van der Waals surface area contributed by atoms with Crippen LogP contribution in [0.1, 0.15) is 20.8 Å². The average molecular weight is 256 g/mol. The van der Waals surface area contributed by atoms with Crippen molar-refractivity contribution in [3.8, 4) is 0 Å². The molecule has 0 aliphatic carbocycles. The van der Waals surface area contributed by atoms with Gasteiger partial charge in [0.2, 0.25) is 0 Å². The van der Waals surface area contributed by atoms with Crippen molar-refractivity contribution < 1.29 is 8.42 Å². The number of anilines is 1. The largest absolute Gasteiger partial charge is 0.379 e. The zero-order valence-electron chi connectivity index (χ0n) is 10.7. The highest BCUT2D eigenvalue weighted by atomic mass is 32.2. The summed E-state index contributed by atoms with van der Waals surface area (Å²) in [5, 5.41) is 3.28. The second-order valence-electron chi connectivity index (χ2n) is 4.93. The van der Waals surface area contributed by atoms with Gasteiger partial charge in [0, 0.05) is 23.5 Å². The van der Waals surface area contributed by atoms with Gasteiger partial charge >= 0.3 is 0 Å². The molecule has 1 aromatic carbocycles. The van der Waals surface area contributed by atoms with Gasteiger partial charge in [-0.25, -0.2) is 8.42 Å². The first-order chi connectivity index (χ1) is 7.63. The van der Waals surface area contributed by atoms with E-state index in [2.05, 4.69) is 5.32 Å². The molecular formula is C12H20N2O2S. The molecule has 0 aliphatic rings. The second-order valence-corrected chi connectivity index (χ2v) is 6.95. The lowest BCUT2D eigenvalue weighted by atomic mass is 9.96. The number of nitrogens with one attached hydrogen (secondary N) is 1. The van der Waals surface area contributed by atoms with Crippen LogP contribution in [-0.4, -0.2) is 26.3 Å². The molecule has 96 valence electrons. The normalized spacial score (nSPS) is 14.4. The minimum Gasteiger partial charge on any atom is -0.379 e. The van der Waals surface area contributed by atoms with E-state index in [-0.39, 0.29) is 11.6 Å². The molecule has 0 amide bonds. The van der Waals surface area contributed by atoms with E-state index in [0.29, 0.717) is 4.90 Å². The molecular weight excluding hydrogens is 236 g/mol. The molecule has 0 bridgehead atoms. The SMILES string of the molecule is CC(N)C(C)(C)Nc1ccc(S(C)(=O)=O)cc1. The van der Waals surface area contributed by atoms with Crippen molar-refractivity contribution in [2.75, 3.05) is 11.6 Å². The first-order valence-electron chi connectivity index (χ1n) is 5.47. The second kappa shape index (κ2) is 4.66. The summed E-state index contributed by atoms with van der Waals surface area (Å²) in [4.78, 5) is 0.321. The molecule has 0 saturated carbocycles. The fourth-order valence-electron chi connectivity index (χ4n) is 1.27. The van der Waals surface area contributed by atoms with Gasteiger partial charge in [0.1, 0.15) is 0 Å². The highest BCUT2D eigenvalue weighted by Gasteiger charge is 2.22. The summed E-state index contributed by atoms with van der Waals surface area (Å²) in [6, 6.07) is 6.67. The number of sulfone groups is 1. The van der Waals surface area contributed by atoms with Crippen molar-refractivity contribution in [2.24, 2.45) is 5.73 Å². The van der Waals surface area contributed by atoms with Crippen LogP contribution in [0, 0.1) is 0 Å². The molecule has 0 aliphatic heterocycles. The van der Waals surface area contributed by atoms with Gasteiger partial charge in [-0.1, -0.05) is 0 Å². The highest BCUT2D eigenvalue weighted by Crippen LogP contribution is 2.19. The van der Waals surface area contributed by atoms with Gasteiger partial charge in [-0.3, -0.25) is 0 Å². The van der Waals surface area contributed by atoms with Crippen molar-refractivity contribution in [1.29, 1.82) is 0 Å². The van der Waals surface area contributed by atoms with Gasteiger partial charge in [-0.05, 0) is 45.0 Å². The van der Waals surface area contributed by atoms with Crippen LogP contribution < -0.4 is 11.1 Å². The number of rotatable bonds is 4. The molecule has 5 heteroatoms. The van der Waals surface area contributed by atoms with Crippen molar-refractivity contribution in [1.82, 2.24) is 0 Å². The molecule has 0 radical (unpaired) electrons. The molecule has 1 unspecified atom stereocenters. The number of benzene rings is 1. The zero-order valence-corrected chi connectivity index (χ0v) is 11.5. The van der Waals surface area contributed by atoms with E-state index < -0.39 is 9.84 Å². The molecule has 0 aromatic heterocycles. The van der Waals surface area contributed by atoms with Crippen LogP contribution in [0.4, 0.5) is 5.69 Å². The minimum absolute atomic E-state index is 0.0166. The molecule has 0 heterocycles. The molecule has 1 aromatic rings. The monoisotopic (exact) mass is 256 g/mol. The van der Waals surface area contributed by atoms with Crippen molar-refractivity contribution in [3.05, 3.63) is 24.3 Å². The van der Waals surface area contributed by atoms with Crippen molar-refractivity contribution in [2.45, 2.75) is 37.2 Å². The topological polar surface area (TPSA) is 72.2 Å². The summed E-state index contributed by atoms with van der Waals surface area (Å²) in [5.41, 5.74) is 6.48. The maximum absolute atomic E-state index is 11.3. The lowest BCUT2D eigenvalue weighted by Crippen LogP contribution is -2.47. The number of nitrogens with two attached hydrogens (primary N) is 1. The molecule has 3 N–H and O–H groups in total. The average Bonchev–Trinajstić information content (AvgIpc) is 2.16. The summed E-state index contributed by atoms with van der Waals surface area (Å²) in [6.07, 6.45) is 1.20. The van der Waals surface area contributed by atoms with Crippen molar-refractivity contribution >= 4 is 15.5 Å². The Morgan fingerprint density at radius 2 is 1.71 bits per heavy atom. The van der Waals surface area contributed by atoms with Crippen LogP contribution >= 0.6 is 0 Å². The van der Waals surface area contributed by atoms with E-state index in [9.17, 15) is 8.42 Å². The third-order valence-corrected chi connectivity index (χ3v) is 4.02. The van der Waals surface area contributed by atoms with Crippen LogP contribution in [-0.2, 0) is 9.84 Å². The third-order valence-electron chi connectivity index (χ3n) is 2.89. The van der Waals surface area contributed by atoms with Crippen molar-refractivity contribution in [3.63, 3.8) is 0 Å². The predicted molar refractivity (Wildman–Crippen MR) is 70.9 cm³/mol. The molecule has 0 spiro atoms. The summed E-state index contributed by atoms with van der Waals surface area (Å²) in [5.74, 6) is 0. The molecule has 17 heavy (non-hydrogen) atoms. The van der Waals surface area contributed by atoms with Crippen LogP contribution in [0.15, 0.2) is 29.2 Å². The summed E-state index contributed by atoms with van der Waals surface area (Å²) in [6.45, 7) is 5.93. The van der Waals surface area contributed by atoms with Crippen LogP contribution in [0.5, 0.6) is 0 Å². The minimum atomic E-state index is -3.13. The summed E-state index contributed by atoms with van der Waals surface area (Å²) < 4.78 is 22.6. The Morgan fingerprint density at radius 1 is 1.24 bits per heavy atom. The lowest BCUT2D eigenvalue weighted by Gasteiger charge is -2.31. The fourth-order valence-corrected chi connectivity index (χ4v) is 1.90. The van der Waals surface area contributed by atoms with E-state index in [0.717, 1.165) is 5.69 Å². The quantitative estimate of drug-likeness (QED) is 0.859. The molecule has 0 fully saturated rings. The number of hydrogen-bond donors (Lipinski definition) is 2. The number of hydrogen-bond acceptors (Lipinski definition) is 4. The Morgan fingerprint density at radius 3 is 2.06 bits per heavy atom. The zero-order chi connectivity index (χ0) is 13.3. The molecule has 4 nitrogen and oxygen atoms in total.